The van der Waals surface area contributed by atoms with E-state index in [1.54, 1.807) is 0 Å². The van der Waals surface area contributed by atoms with E-state index in [1.165, 1.54) is 0 Å². The summed E-state index contributed by atoms with van der Waals surface area (Å²) in [6.07, 6.45) is -8.27. The van der Waals surface area contributed by atoms with E-state index < -0.39 is 61.0 Å². The van der Waals surface area contributed by atoms with Crippen LogP contribution in [-0.2, 0) is 9.47 Å². The standard InChI is InChI=1S/C13H28N6O6/c14-3-1-4(15)11(10(23)7(3)20)25-12-6(16)9(22)8(21)5(24-12)2-19-13(17)18/h3-12,20-23H,1-2,14-16H2,(H4,17,18,19)/t3-,4+,5-,6-,7+,8-,9-,10-,11-,12-/m1/s1. The Balaban J connectivity index is 2.09. The molecule has 10 atom stereocenters. The first kappa shape index (κ1) is 20.2. The first-order valence-corrected chi connectivity index (χ1v) is 7.98. The molecule has 2 fully saturated rings. The van der Waals surface area contributed by atoms with Gasteiger partial charge in [-0.15, -0.1) is 0 Å². The number of hydrogen-bond acceptors (Lipinski definition) is 10. The van der Waals surface area contributed by atoms with E-state index in [9.17, 15) is 20.4 Å². The molecule has 1 saturated heterocycles. The van der Waals surface area contributed by atoms with Gasteiger partial charge >= 0.3 is 0 Å². The van der Waals surface area contributed by atoms with Crippen molar-refractivity contribution < 1.29 is 29.9 Å². The molecule has 25 heavy (non-hydrogen) atoms. The van der Waals surface area contributed by atoms with Gasteiger partial charge in [-0.3, -0.25) is 4.99 Å². The van der Waals surface area contributed by atoms with Crippen LogP contribution in [0.2, 0.25) is 0 Å². The average Bonchev–Trinajstić information content (AvgIpc) is 2.55. The second kappa shape index (κ2) is 8.07. The monoisotopic (exact) mass is 364 g/mol. The van der Waals surface area contributed by atoms with Gasteiger partial charge in [0.1, 0.15) is 30.5 Å². The van der Waals surface area contributed by atoms with Crippen LogP contribution in [0.1, 0.15) is 6.42 Å². The Morgan fingerprint density at radius 2 is 1.60 bits per heavy atom. The third-order valence-electron chi connectivity index (χ3n) is 4.58. The number of nitrogens with zero attached hydrogens (tertiary/aromatic N) is 1. The van der Waals surface area contributed by atoms with Crippen molar-refractivity contribution in [3.05, 3.63) is 0 Å². The number of ether oxygens (including phenoxy) is 2. The number of rotatable bonds is 4. The molecule has 2 aliphatic rings. The van der Waals surface area contributed by atoms with Gasteiger partial charge in [-0.1, -0.05) is 0 Å². The third-order valence-corrected chi connectivity index (χ3v) is 4.58. The lowest BCUT2D eigenvalue weighted by Crippen LogP contribution is -2.67. The lowest BCUT2D eigenvalue weighted by atomic mass is 9.84. The summed E-state index contributed by atoms with van der Waals surface area (Å²) < 4.78 is 11.2. The van der Waals surface area contributed by atoms with Gasteiger partial charge in [-0.05, 0) is 6.42 Å². The molecule has 0 radical (unpaired) electrons. The summed E-state index contributed by atoms with van der Waals surface area (Å²) in [5, 5.41) is 40.2. The topological polar surface area (TPSA) is 242 Å². The Morgan fingerprint density at radius 3 is 2.20 bits per heavy atom. The molecule has 12 heteroatoms. The number of aliphatic hydroxyl groups excluding tert-OH is 4. The fourth-order valence-corrected chi connectivity index (χ4v) is 3.05. The van der Waals surface area contributed by atoms with E-state index >= 15 is 0 Å². The summed E-state index contributed by atoms with van der Waals surface area (Å²) in [6, 6.07) is -2.48. The van der Waals surface area contributed by atoms with Crippen LogP contribution in [0.15, 0.2) is 4.99 Å². The highest BCUT2D eigenvalue weighted by Crippen LogP contribution is 2.27. The molecule has 0 bridgehead atoms. The molecule has 1 aliphatic carbocycles. The smallest absolute Gasteiger partial charge is 0.186 e. The minimum atomic E-state index is -1.37. The zero-order chi connectivity index (χ0) is 18.9. The highest BCUT2D eigenvalue weighted by Gasteiger charge is 2.48. The van der Waals surface area contributed by atoms with Gasteiger partial charge < -0.3 is 58.6 Å². The van der Waals surface area contributed by atoms with Gasteiger partial charge in [-0.25, -0.2) is 0 Å². The highest BCUT2D eigenvalue weighted by molar-refractivity contribution is 5.75. The summed E-state index contributed by atoms with van der Waals surface area (Å²) >= 11 is 0. The molecule has 0 aromatic carbocycles. The molecule has 0 aromatic rings. The van der Waals surface area contributed by atoms with Gasteiger partial charge in [-0.2, -0.15) is 0 Å². The van der Waals surface area contributed by atoms with Crippen LogP contribution >= 0.6 is 0 Å². The van der Waals surface area contributed by atoms with E-state index in [-0.39, 0.29) is 18.9 Å². The molecular weight excluding hydrogens is 336 g/mol. The molecule has 12 nitrogen and oxygen atoms in total. The van der Waals surface area contributed by atoms with E-state index in [2.05, 4.69) is 4.99 Å². The van der Waals surface area contributed by atoms with E-state index in [1.807, 2.05) is 0 Å². The SMILES string of the molecule is NC(N)=NC[C@H]1O[C@H](O[C@H]2[C@H](O)[C@@H](O)[C@H](N)C[C@@H]2N)[C@H](N)[C@@H](O)[C@@H]1O. The Kier molecular flexibility index (Phi) is 6.53. The first-order valence-electron chi connectivity index (χ1n) is 7.98. The van der Waals surface area contributed by atoms with Crippen molar-refractivity contribution in [3.8, 4) is 0 Å². The molecule has 0 amide bonds. The predicted octanol–water partition coefficient (Wildman–Crippen LogP) is -5.80. The average molecular weight is 364 g/mol. The maximum Gasteiger partial charge on any atom is 0.186 e. The number of guanidine groups is 1. The molecular formula is C13H28N6O6. The van der Waals surface area contributed by atoms with Crippen LogP contribution in [0.25, 0.3) is 0 Å². The van der Waals surface area contributed by atoms with Crippen molar-refractivity contribution in [1.82, 2.24) is 0 Å². The fraction of sp³-hybridized carbons (Fsp3) is 0.923. The number of hydrogen-bond donors (Lipinski definition) is 9. The molecule has 2 rings (SSSR count). The molecule has 0 unspecified atom stereocenters. The summed E-state index contributed by atoms with van der Waals surface area (Å²) in [5.41, 5.74) is 28.0. The molecule has 146 valence electrons. The van der Waals surface area contributed by atoms with Crippen molar-refractivity contribution in [1.29, 1.82) is 0 Å². The second-order valence-electron chi connectivity index (χ2n) is 6.51. The molecule has 1 heterocycles. The van der Waals surface area contributed by atoms with Crippen LogP contribution in [0.3, 0.4) is 0 Å². The van der Waals surface area contributed by atoms with Gasteiger partial charge in [0.25, 0.3) is 0 Å². The van der Waals surface area contributed by atoms with Crippen molar-refractivity contribution in [3.63, 3.8) is 0 Å². The first-order chi connectivity index (χ1) is 11.6. The minimum Gasteiger partial charge on any atom is -0.389 e. The largest absolute Gasteiger partial charge is 0.389 e. The summed E-state index contributed by atoms with van der Waals surface area (Å²) in [4.78, 5) is 3.74. The Morgan fingerprint density at radius 1 is 0.960 bits per heavy atom. The quantitative estimate of drug-likeness (QED) is 0.168. The van der Waals surface area contributed by atoms with Crippen molar-refractivity contribution in [2.75, 3.05) is 6.54 Å². The van der Waals surface area contributed by atoms with Gasteiger partial charge in [0, 0.05) is 12.1 Å². The minimum absolute atomic E-state index is 0.125. The second-order valence-corrected chi connectivity index (χ2v) is 6.51. The zero-order valence-corrected chi connectivity index (χ0v) is 13.6. The van der Waals surface area contributed by atoms with Gasteiger partial charge in [0.15, 0.2) is 12.2 Å². The predicted molar refractivity (Wildman–Crippen MR) is 86.8 cm³/mol. The normalized spacial score (nSPS) is 48.1. The Hall–Kier alpha value is -1.09. The van der Waals surface area contributed by atoms with Crippen LogP contribution in [0.4, 0.5) is 0 Å². The number of aliphatic imine (C=N–C) groups is 1. The highest BCUT2D eigenvalue weighted by atomic mass is 16.7. The number of aliphatic hydroxyl groups is 4. The van der Waals surface area contributed by atoms with Gasteiger partial charge in [0.05, 0.1) is 18.7 Å². The summed E-state index contributed by atoms with van der Waals surface area (Å²) in [6.45, 7) is -0.125. The molecule has 0 aromatic heterocycles. The number of nitrogens with two attached hydrogens (primary N) is 5. The summed E-state index contributed by atoms with van der Waals surface area (Å²) in [5.74, 6) is -0.209. The summed E-state index contributed by atoms with van der Waals surface area (Å²) in [7, 11) is 0. The Bertz CT molecular complexity index is 480. The lowest BCUT2D eigenvalue weighted by molar-refractivity contribution is -0.287. The maximum absolute atomic E-state index is 10.2. The Labute approximate surface area is 144 Å². The van der Waals surface area contributed by atoms with Crippen molar-refractivity contribution in [2.45, 2.75) is 67.5 Å². The van der Waals surface area contributed by atoms with Crippen LogP contribution in [0, 0.1) is 0 Å². The van der Waals surface area contributed by atoms with Crippen LogP contribution in [-0.4, -0.2) is 94.0 Å². The van der Waals surface area contributed by atoms with Gasteiger partial charge in [0.2, 0.25) is 0 Å². The van der Waals surface area contributed by atoms with Crippen molar-refractivity contribution in [2.24, 2.45) is 33.7 Å². The van der Waals surface area contributed by atoms with E-state index in [0.717, 1.165) is 0 Å². The molecule has 1 saturated carbocycles. The van der Waals surface area contributed by atoms with Crippen LogP contribution in [0.5, 0.6) is 0 Å². The van der Waals surface area contributed by atoms with Crippen molar-refractivity contribution >= 4 is 5.96 Å². The lowest BCUT2D eigenvalue weighted by Gasteiger charge is -2.45. The third kappa shape index (κ3) is 4.36. The fourth-order valence-electron chi connectivity index (χ4n) is 3.05. The maximum atomic E-state index is 10.2. The molecule has 14 N–H and O–H groups in total. The van der Waals surface area contributed by atoms with E-state index in [4.69, 9.17) is 38.1 Å². The molecule has 0 spiro atoms. The van der Waals surface area contributed by atoms with E-state index in [0.29, 0.717) is 0 Å². The zero-order valence-electron chi connectivity index (χ0n) is 13.6. The van der Waals surface area contributed by atoms with Crippen LogP contribution < -0.4 is 28.7 Å². The molecule has 1 aliphatic heterocycles.